The molecule has 6 rings (SSSR count). The first-order valence-corrected chi connectivity index (χ1v) is 12.0. The van der Waals surface area contributed by atoms with E-state index < -0.39 is 0 Å². The van der Waals surface area contributed by atoms with Crippen LogP contribution in [-0.4, -0.2) is 65.5 Å². The van der Waals surface area contributed by atoms with Gasteiger partial charge in [-0.2, -0.15) is 15.1 Å². The van der Waals surface area contributed by atoms with Crippen LogP contribution < -0.4 is 10.6 Å². The molecule has 2 fully saturated rings. The Morgan fingerprint density at radius 2 is 2.06 bits per heavy atom. The van der Waals surface area contributed by atoms with Gasteiger partial charge in [0.05, 0.1) is 11.1 Å². The summed E-state index contributed by atoms with van der Waals surface area (Å²) < 4.78 is 1.76. The van der Waals surface area contributed by atoms with E-state index in [1.807, 2.05) is 31.6 Å². The number of H-pyrrole nitrogens is 1. The van der Waals surface area contributed by atoms with Crippen molar-refractivity contribution in [3.05, 3.63) is 30.7 Å². The Kier molecular flexibility index (Phi) is 4.89. The van der Waals surface area contributed by atoms with Gasteiger partial charge in [-0.1, -0.05) is 0 Å². The minimum atomic E-state index is -0.0234. The molecular formula is C24H29N9O. The number of nitrogens with one attached hydrogen (secondary N) is 3. The number of amides is 1. The largest absolute Gasteiger partial charge is 0.372 e. The van der Waals surface area contributed by atoms with Crippen LogP contribution in [0, 0.1) is 0 Å². The van der Waals surface area contributed by atoms with Crippen molar-refractivity contribution in [3.63, 3.8) is 0 Å². The van der Waals surface area contributed by atoms with E-state index >= 15 is 0 Å². The highest BCUT2D eigenvalue weighted by Gasteiger charge is 2.40. The summed E-state index contributed by atoms with van der Waals surface area (Å²) in [5.74, 6) is 1.67. The molecule has 1 amide bonds. The van der Waals surface area contributed by atoms with Gasteiger partial charge in [-0.05, 0) is 51.2 Å². The number of rotatable bonds is 5. The van der Waals surface area contributed by atoms with Gasteiger partial charge in [0, 0.05) is 55.7 Å². The number of carbonyl (C=O) groups is 1. The van der Waals surface area contributed by atoms with E-state index in [-0.39, 0.29) is 11.6 Å². The maximum Gasteiger partial charge on any atom is 0.226 e. The van der Waals surface area contributed by atoms with Crippen molar-refractivity contribution in [3.8, 4) is 11.3 Å². The van der Waals surface area contributed by atoms with Crippen molar-refractivity contribution in [2.75, 3.05) is 24.2 Å². The van der Waals surface area contributed by atoms with E-state index in [2.05, 4.69) is 37.5 Å². The molecule has 1 aliphatic carbocycles. The maximum atomic E-state index is 12.3. The van der Waals surface area contributed by atoms with E-state index in [9.17, 15) is 4.79 Å². The van der Waals surface area contributed by atoms with Crippen LogP contribution in [0.3, 0.4) is 0 Å². The Balaban J connectivity index is 1.23. The predicted molar refractivity (Wildman–Crippen MR) is 131 cm³/mol. The molecule has 0 spiro atoms. The lowest BCUT2D eigenvalue weighted by atomic mass is 9.79. The van der Waals surface area contributed by atoms with E-state index in [0.29, 0.717) is 18.3 Å². The lowest BCUT2D eigenvalue weighted by molar-refractivity contribution is -0.133. The fourth-order valence-corrected chi connectivity index (χ4v) is 5.49. The Morgan fingerprint density at radius 3 is 2.82 bits per heavy atom. The third-order valence-electron chi connectivity index (χ3n) is 7.42. The average Bonchev–Trinajstić information content (AvgIpc) is 3.59. The zero-order chi connectivity index (χ0) is 23.3. The molecule has 10 heteroatoms. The van der Waals surface area contributed by atoms with Gasteiger partial charge in [-0.3, -0.25) is 4.79 Å². The van der Waals surface area contributed by atoms with Gasteiger partial charge in [-0.25, -0.2) is 9.50 Å². The van der Waals surface area contributed by atoms with Crippen LogP contribution in [0.15, 0.2) is 30.7 Å². The number of hydrogen-bond acceptors (Lipinski definition) is 7. The number of hydrogen-bond donors (Lipinski definition) is 3. The molecule has 0 aromatic carbocycles. The second-order valence-electron chi connectivity index (χ2n) is 9.58. The summed E-state index contributed by atoms with van der Waals surface area (Å²) in [6, 6.07) is 4.19. The van der Waals surface area contributed by atoms with Gasteiger partial charge in [0.25, 0.3) is 0 Å². The number of likely N-dealkylation sites (tertiary alicyclic amines) is 1. The fourth-order valence-electron chi connectivity index (χ4n) is 5.49. The Morgan fingerprint density at radius 1 is 1.21 bits per heavy atom. The van der Waals surface area contributed by atoms with Crippen LogP contribution in [0.25, 0.3) is 27.9 Å². The zero-order valence-corrected chi connectivity index (χ0v) is 19.5. The summed E-state index contributed by atoms with van der Waals surface area (Å²) in [6.45, 7) is 3.14. The fraction of sp³-hybridized carbons (Fsp3) is 0.458. The molecule has 176 valence electrons. The van der Waals surface area contributed by atoms with E-state index in [4.69, 9.17) is 9.97 Å². The molecule has 0 atom stereocenters. The molecule has 0 radical (unpaired) electrons. The molecule has 0 bridgehead atoms. The number of nitrogens with zero attached hydrogens (tertiary/aromatic N) is 6. The number of fused-ring (bicyclic) bond motifs is 2. The lowest BCUT2D eigenvalue weighted by Gasteiger charge is -2.44. The highest BCUT2D eigenvalue weighted by molar-refractivity contribution is 6.00. The molecule has 34 heavy (non-hydrogen) atoms. The Hall–Kier alpha value is -3.69. The molecule has 5 heterocycles. The molecule has 1 saturated carbocycles. The number of carbonyl (C=O) groups excluding carboxylic acids is 1. The molecular weight excluding hydrogens is 430 g/mol. The summed E-state index contributed by atoms with van der Waals surface area (Å²) in [5, 5.41) is 12.4. The smallest absolute Gasteiger partial charge is 0.226 e. The molecule has 3 N–H and O–H groups in total. The molecule has 4 aromatic rings. The van der Waals surface area contributed by atoms with Gasteiger partial charge >= 0.3 is 0 Å². The zero-order valence-electron chi connectivity index (χ0n) is 19.5. The third kappa shape index (κ3) is 3.44. The van der Waals surface area contributed by atoms with Crippen LogP contribution in [0.4, 0.5) is 11.8 Å². The molecule has 4 aromatic heterocycles. The van der Waals surface area contributed by atoms with Gasteiger partial charge in [0.2, 0.25) is 11.9 Å². The average molecular weight is 460 g/mol. The first-order valence-electron chi connectivity index (χ1n) is 12.0. The molecule has 0 unspecified atom stereocenters. The van der Waals surface area contributed by atoms with Crippen LogP contribution >= 0.6 is 0 Å². The molecule has 10 nitrogen and oxygen atoms in total. The van der Waals surface area contributed by atoms with Crippen LogP contribution in [0.5, 0.6) is 0 Å². The van der Waals surface area contributed by atoms with E-state index in [1.165, 1.54) is 0 Å². The SMILES string of the molecule is CNc1nc(N[C@H]2CC[C@](C)(N3CCCC3=O)CC2)nc2[nH]cc(-c3ccc4nccn4n3)c12. The minimum Gasteiger partial charge on any atom is -0.372 e. The summed E-state index contributed by atoms with van der Waals surface area (Å²) in [4.78, 5) is 31.5. The lowest BCUT2D eigenvalue weighted by Crippen LogP contribution is -2.50. The topological polar surface area (TPSA) is 116 Å². The second-order valence-corrected chi connectivity index (χ2v) is 9.58. The highest BCUT2D eigenvalue weighted by atomic mass is 16.2. The molecule has 1 aliphatic heterocycles. The van der Waals surface area contributed by atoms with Crippen molar-refractivity contribution >= 4 is 34.4 Å². The van der Waals surface area contributed by atoms with Crippen molar-refractivity contribution in [2.45, 2.75) is 57.0 Å². The summed E-state index contributed by atoms with van der Waals surface area (Å²) >= 11 is 0. The van der Waals surface area contributed by atoms with Crippen LogP contribution in [0.2, 0.25) is 0 Å². The standard InChI is InChI=1S/C24H29N9O/c1-24(32-12-3-4-19(32)34)9-7-15(8-10-24)28-23-29-21(25-2)20-16(14-27-22(20)30-23)17-5-6-18-26-11-13-33(18)31-17/h5-6,11,13-15H,3-4,7-10,12H2,1-2H3,(H3,25,27,28,29,30)/t15-,24-. The van der Waals surface area contributed by atoms with Crippen molar-refractivity contribution in [2.24, 2.45) is 0 Å². The van der Waals surface area contributed by atoms with Gasteiger partial charge in [0.15, 0.2) is 5.65 Å². The van der Waals surface area contributed by atoms with Gasteiger partial charge < -0.3 is 20.5 Å². The molecule has 1 saturated heterocycles. The summed E-state index contributed by atoms with van der Waals surface area (Å²) in [5.41, 5.74) is 3.29. The van der Waals surface area contributed by atoms with E-state index in [0.717, 1.165) is 72.4 Å². The molecule has 2 aliphatic rings. The second kappa shape index (κ2) is 7.96. The highest BCUT2D eigenvalue weighted by Crippen LogP contribution is 2.37. The van der Waals surface area contributed by atoms with Gasteiger partial charge in [0.1, 0.15) is 11.5 Å². The Labute approximate surface area is 197 Å². The minimum absolute atomic E-state index is 0.0234. The monoisotopic (exact) mass is 459 g/mol. The Bertz CT molecular complexity index is 1370. The quantitative estimate of drug-likeness (QED) is 0.419. The first-order chi connectivity index (χ1) is 16.5. The van der Waals surface area contributed by atoms with E-state index in [1.54, 1.807) is 10.7 Å². The number of anilines is 2. The number of aromatic nitrogens is 6. The van der Waals surface area contributed by atoms with Crippen LogP contribution in [0.1, 0.15) is 45.4 Å². The maximum absolute atomic E-state index is 12.3. The predicted octanol–water partition coefficient (Wildman–Crippen LogP) is 3.44. The third-order valence-corrected chi connectivity index (χ3v) is 7.42. The summed E-state index contributed by atoms with van der Waals surface area (Å²) in [6.07, 6.45) is 11.1. The van der Waals surface area contributed by atoms with Crippen LogP contribution in [-0.2, 0) is 4.79 Å². The normalized spacial score (nSPS) is 23.2. The van der Waals surface area contributed by atoms with Crippen molar-refractivity contribution in [1.82, 2.24) is 34.4 Å². The number of imidazole rings is 1. The van der Waals surface area contributed by atoms with Crippen molar-refractivity contribution < 1.29 is 4.79 Å². The number of aromatic amines is 1. The first kappa shape index (κ1) is 20.9. The summed E-state index contributed by atoms with van der Waals surface area (Å²) in [7, 11) is 1.87. The van der Waals surface area contributed by atoms with Gasteiger partial charge in [-0.15, -0.1) is 0 Å². The van der Waals surface area contributed by atoms with Crippen molar-refractivity contribution in [1.29, 1.82) is 0 Å².